The molecule has 0 atom stereocenters. The molecule has 43 heavy (non-hydrogen) atoms. The van der Waals surface area contributed by atoms with Crippen molar-refractivity contribution in [1.29, 1.82) is 0 Å². The van der Waals surface area contributed by atoms with Crippen molar-refractivity contribution in [3.8, 4) is 0 Å². The molecule has 0 aliphatic heterocycles. The predicted octanol–water partition coefficient (Wildman–Crippen LogP) is 8.00. The van der Waals surface area contributed by atoms with Gasteiger partial charge in [0.2, 0.25) is 0 Å². The van der Waals surface area contributed by atoms with E-state index in [9.17, 15) is 4.79 Å². The number of benzene rings is 2. The van der Waals surface area contributed by atoms with Gasteiger partial charge in [-0.3, -0.25) is 9.97 Å². The highest BCUT2D eigenvalue weighted by molar-refractivity contribution is 6.31. The number of pyridine rings is 2. The van der Waals surface area contributed by atoms with E-state index >= 15 is 0 Å². The van der Waals surface area contributed by atoms with Gasteiger partial charge in [0.15, 0.2) is 0 Å². The van der Waals surface area contributed by atoms with Gasteiger partial charge in [-0.2, -0.15) is 0 Å². The van der Waals surface area contributed by atoms with E-state index in [2.05, 4.69) is 30.8 Å². The lowest BCUT2D eigenvalue weighted by Gasteiger charge is -2.23. The third-order valence-electron chi connectivity index (χ3n) is 6.91. The van der Waals surface area contributed by atoms with E-state index in [-0.39, 0.29) is 6.09 Å². The molecule has 4 rings (SSSR count). The largest absolute Gasteiger partial charge is 0.444 e. The minimum Gasteiger partial charge on any atom is -0.444 e. The first-order valence-corrected chi connectivity index (χ1v) is 15.7. The Morgan fingerprint density at radius 3 is 1.81 bits per heavy atom. The Kier molecular flexibility index (Phi) is 12.1. The van der Waals surface area contributed by atoms with E-state index in [1.165, 1.54) is 0 Å². The molecule has 0 fully saturated rings. The molecule has 10 heteroatoms. The van der Waals surface area contributed by atoms with Crippen molar-refractivity contribution in [2.75, 3.05) is 49.9 Å². The average molecular weight is 626 g/mol. The van der Waals surface area contributed by atoms with Gasteiger partial charge in [-0.15, -0.1) is 0 Å². The molecule has 230 valence electrons. The second-order valence-corrected chi connectivity index (χ2v) is 12.5. The van der Waals surface area contributed by atoms with Crippen molar-refractivity contribution in [1.82, 2.24) is 20.2 Å². The number of carbonyl (C=O) groups excluding carboxylic acids is 1. The minimum absolute atomic E-state index is 0.369. The summed E-state index contributed by atoms with van der Waals surface area (Å²) in [4.78, 5) is 23.4. The SMILES string of the molecule is CC(C)(C)OC(=O)NCCCN(CCCCNc1ccnc2cc(Cl)ccc12)CCCNc1ccnc2cc(Cl)ccc12. The molecule has 2 aromatic heterocycles. The third-order valence-corrected chi connectivity index (χ3v) is 7.38. The maximum absolute atomic E-state index is 12.0. The summed E-state index contributed by atoms with van der Waals surface area (Å²) in [7, 11) is 0. The van der Waals surface area contributed by atoms with Crippen LogP contribution in [0.25, 0.3) is 21.8 Å². The van der Waals surface area contributed by atoms with Crippen molar-refractivity contribution in [3.63, 3.8) is 0 Å². The molecule has 0 radical (unpaired) electrons. The number of amides is 1. The molecule has 4 aromatic rings. The molecule has 2 aromatic carbocycles. The van der Waals surface area contributed by atoms with Crippen LogP contribution in [0.3, 0.4) is 0 Å². The highest BCUT2D eigenvalue weighted by Gasteiger charge is 2.15. The summed E-state index contributed by atoms with van der Waals surface area (Å²) in [6.45, 7) is 10.7. The molecule has 0 saturated carbocycles. The minimum atomic E-state index is -0.501. The monoisotopic (exact) mass is 624 g/mol. The van der Waals surface area contributed by atoms with Crippen LogP contribution in [-0.2, 0) is 4.74 Å². The number of unbranched alkanes of at least 4 members (excludes halogenated alkanes) is 1. The molecule has 0 saturated heterocycles. The van der Waals surface area contributed by atoms with Gasteiger partial charge in [0.05, 0.1) is 11.0 Å². The van der Waals surface area contributed by atoms with Crippen LogP contribution in [0.5, 0.6) is 0 Å². The van der Waals surface area contributed by atoms with Gasteiger partial charge >= 0.3 is 6.09 Å². The number of hydrogen-bond acceptors (Lipinski definition) is 7. The van der Waals surface area contributed by atoms with Crippen molar-refractivity contribution >= 4 is 62.5 Å². The molecule has 2 heterocycles. The van der Waals surface area contributed by atoms with Gasteiger partial charge in [-0.1, -0.05) is 23.2 Å². The van der Waals surface area contributed by atoms with Crippen molar-refractivity contribution in [2.24, 2.45) is 0 Å². The van der Waals surface area contributed by atoms with E-state index in [4.69, 9.17) is 27.9 Å². The smallest absolute Gasteiger partial charge is 0.407 e. The van der Waals surface area contributed by atoms with E-state index in [0.717, 1.165) is 91.6 Å². The Balaban J connectivity index is 1.24. The summed E-state index contributed by atoms with van der Waals surface area (Å²) in [5.41, 5.74) is 3.41. The Hall–Kier alpha value is -3.33. The number of carbonyl (C=O) groups is 1. The zero-order valence-corrected chi connectivity index (χ0v) is 26.8. The molecular weight excluding hydrogens is 583 g/mol. The Morgan fingerprint density at radius 2 is 1.26 bits per heavy atom. The fraction of sp³-hybridized carbons (Fsp3) is 0.424. The number of rotatable bonds is 15. The fourth-order valence-electron chi connectivity index (χ4n) is 4.90. The van der Waals surface area contributed by atoms with Crippen LogP contribution >= 0.6 is 23.2 Å². The van der Waals surface area contributed by atoms with Gasteiger partial charge in [0.1, 0.15) is 5.60 Å². The number of anilines is 2. The Bertz CT molecular complexity index is 1490. The summed E-state index contributed by atoms with van der Waals surface area (Å²) in [5, 5.41) is 13.5. The number of aromatic nitrogens is 2. The maximum Gasteiger partial charge on any atom is 0.407 e. The summed E-state index contributed by atoms with van der Waals surface area (Å²) in [5.74, 6) is 0. The van der Waals surface area contributed by atoms with Crippen LogP contribution in [0.1, 0.15) is 46.5 Å². The first-order valence-electron chi connectivity index (χ1n) is 14.9. The van der Waals surface area contributed by atoms with Gasteiger partial charge in [-0.25, -0.2) is 4.79 Å². The van der Waals surface area contributed by atoms with Crippen LogP contribution in [0.4, 0.5) is 16.2 Å². The molecule has 3 N–H and O–H groups in total. The number of nitrogens with zero attached hydrogens (tertiary/aromatic N) is 3. The quantitative estimate of drug-likeness (QED) is 0.115. The van der Waals surface area contributed by atoms with Crippen LogP contribution in [0.2, 0.25) is 10.0 Å². The maximum atomic E-state index is 12.0. The molecule has 0 unspecified atom stereocenters. The molecule has 8 nitrogen and oxygen atoms in total. The number of ether oxygens (including phenoxy) is 1. The van der Waals surface area contributed by atoms with E-state index in [1.54, 1.807) is 0 Å². The summed E-state index contributed by atoms with van der Waals surface area (Å²) < 4.78 is 5.36. The highest BCUT2D eigenvalue weighted by atomic mass is 35.5. The summed E-state index contributed by atoms with van der Waals surface area (Å²) >= 11 is 12.3. The Morgan fingerprint density at radius 1 is 0.744 bits per heavy atom. The van der Waals surface area contributed by atoms with Crippen LogP contribution < -0.4 is 16.0 Å². The molecule has 0 bridgehead atoms. The highest BCUT2D eigenvalue weighted by Crippen LogP contribution is 2.25. The van der Waals surface area contributed by atoms with E-state index < -0.39 is 5.60 Å². The standard InChI is InChI=1S/C33H42Cl2N6O2/c1-33(2,3)43-32(42)40-16-7-21-41(20-6-15-37-29-13-18-39-31-23-25(35)9-11-27(29)31)19-5-4-14-36-28-12-17-38-30-22-24(34)8-10-26(28)30/h8-13,17-18,22-23H,4-7,14-16,19-21H2,1-3H3,(H,36,38)(H,37,39)(H,40,42). The fourth-order valence-corrected chi connectivity index (χ4v) is 5.24. The lowest BCUT2D eigenvalue weighted by atomic mass is 10.2. The second kappa shape index (κ2) is 15.9. The Labute approximate surface area is 264 Å². The van der Waals surface area contributed by atoms with Gasteiger partial charge in [0, 0.05) is 64.2 Å². The molecule has 0 aliphatic carbocycles. The number of fused-ring (bicyclic) bond motifs is 2. The zero-order valence-electron chi connectivity index (χ0n) is 25.3. The molecule has 0 spiro atoms. The van der Waals surface area contributed by atoms with Crippen LogP contribution in [-0.4, -0.2) is 65.8 Å². The zero-order chi connectivity index (χ0) is 30.7. The first kappa shape index (κ1) is 32.6. The van der Waals surface area contributed by atoms with Crippen LogP contribution in [0.15, 0.2) is 60.9 Å². The predicted molar refractivity (Wildman–Crippen MR) is 180 cm³/mol. The van der Waals surface area contributed by atoms with E-state index in [1.807, 2.05) is 81.7 Å². The van der Waals surface area contributed by atoms with Crippen LogP contribution in [0, 0.1) is 0 Å². The molecular formula is C33H42Cl2N6O2. The number of halogens is 2. The first-order chi connectivity index (χ1) is 20.7. The lowest BCUT2D eigenvalue weighted by Crippen LogP contribution is -2.35. The number of alkyl carbamates (subject to hydrolysis) is 1. The normalized spacial score (nSPS) is 11.7. The molecule has 0 aliphatic rings. The van der Waals surface area contributed by atoms with E-state index in [0.29, 0.717) is 16.6 Å². The van der Waals surface area contributed by atoms with Crippen molar-refractivity contribution in [3.05, 3.63) is 71.0 Å². The van der Waals surface area contributed by atoms with Crippen molar-refractivity contribution < 1.29 is 9.53 Å². The summed E-state index contributed by atoms with van der Waals surface area (Å²) in [6.07, 6.45) is 7.19. The second-order valence-electron chi connectivity index (χ2n) is 11.6. The van der Waals surface area contributed by atoms with Gasteiger partial charge in [-0.05, 0) is 115 Å². The third kappa shape index (κ3) is 10.7. The summed E-state index contributed by atoms with van der Waals surface area (Å²) in [6, 6.07) is 15.6. The lowest BCUT2D eigenvalue weighted by molar-refractivity contribution is 0.0525. The molecule has 1 amide bonds. The van der Waals surface area contributed by atoms with Crippen molar-refractivity contribution in [2.45, 2.75) is 52.1 Å². The average Bonchev–Trinajstić information content (AvgIpc) is 2.95. The van der Waals surface area contributed by atoms with Gasteiger partial charge in [0.25, 0.3) is 0 Å². The topological polar surface area (TPSA) is 91.4 Å². The van der Waals surface area contributed by atoms with Gasteiger partial charge < -0.3 is 25.6 Å². The number of nitrogens with one attached hydrogen (secondary N) is 3. The number of hydrogen-bond donors (Lipinski definition) is 3.